The third kappa shape index (κ3) is 2.65. The Morgan fingerprint density at radius 3 is 2.70 bits per heavy atom. The van der Waals surface area contributed by atoms with Gasteiger partial charge in [0.2, 0.25) is 0 Å². The summed E-state index contributed by atoms with van der Waals surface area (Å²) in [5.74, 6) is 0.841. The minimum Gasteiger partial charge on any atom is -0.497 e. The highest BCUT2D eigenvalue weighted by Crippen LogP contribution is 2.34. The van der Waals surface area contributed by atoms with Gasteiger partial charge in [-0.1, -0.05) is 42.1 Å². The summed E-state index contributed by atoms with van der Waals surface area (Å²) in [6.45, 7) is 2.19. The van der Waals surface area contributed by atoms with Gasteiger partial charge in [-0.2, -0.15) is 0 Å². The average Bonchev–Trinajstić information content (AvgIpc) is 2.89. The lowest BCUT2D eigenvalue weighted by molar-refractivity contribution is 0.415. The van der Waals surface area contributed by atoms with Crippen LogP contribution in [0.3, 0.4) is 0 Å². The van der Waals surface area contributed by atoms with Crippen LogP contribution in [0.5, 0.6) is 5.75 Å². The number of hydrogen-bond acceptors (Lipinski definition) is 3. The highest BCUT2D eigenvalue weighted by Gasteiger charge is 2.10. The molecular weight excluding hydrogens is 268 g/mol. The Kier molecular flexibility index (Phi) is 3.65. The van der Waals surface area contributed by atoms with E-state index in [2.05, 4.69) is 41.2 Å². The number of aromatic nitrogens is 2. The lowest BCUT2D eigenvalue weighted by Crippen LogP contribution is -1.88. The highest BCUT2D eigenvalue weighted by atomic mass is 32.2. The summed E-state index contributed by atoms with van der Waals surface area (Å²) in [7, 11) is 1.67. The number of benzene rings is 2. The van der Waals surface area contributed by atoms with Crippen LogP contribution in [-0.4, -0.2) is 17.1 Å². The number of imidazole rings is 1. The molecule has 1 atom stereocenters. The minimum atomic E-state index is 0.360. The molecule has 1 unspecified atom stereocenters. The minimum absolute atomic E-state index is 0.360. The van der Waals surface area contributed by atoms with Crippen LogP contribution in [0.2, 0.25) is 0 Å². The van der Waals surface area contributed by atoms with Gasteiger partial charge in [-0.05, 0) is 24.6 Å². The topological polar surface area (TPSA) is 37.9 Å². The zero-order chi connectivity index (χ0) is 13.9. The first-order chi connectivity index (χ1) is 9.76. The van der Waals surface area contributed by atoms with Gasteiger partial charge in [-0.25, -0.2) is 4.98 Å². The number of methoxy groups -OCH3 is 1. The van der Waals surface area contributed by atoms with Crippen LogP contribution in [0.1, 0.15) is 17.7 Å². The zero-order valence-electron chi connectivity index (χ0n) is 11.5. The number of nitrogens with zero attached hydrogens (tertiary/aromatic N) is 1. The third-order valence-corrected chi connectivity index (χ3v) is 4.27. The van der Waals surface area contributed by atoms with Crippen molar-refractivity contribution >= 4 is 22.8 Å². The molecule has 0 saturated heterocycles. The number of ether oxygens (including phenoxy) is 1. The second kappa shape index (κ2) is 5.59. The van der Waals surface area contributed by atoms with Crippen molar-refractivity contribution in [2.24, 2.45) is 0 Å². The molecular formula is C16H16N2OS. The molecule has 0 aliphatic rings. The number of nitrogens with one attached hydrogen (secondary N) is 1. The summed E-state index contributed by atoms with van der Waals surface area (Å²) in [6, 6.07) is 16.3. The van der Waals surface area contributed by atoms with Crippen LogP contribution in [0.25, 0.3) is 11.0 Å². The average molecular weight is 284 g/mol. The van der Waals surface area contributed by atoms with Gasteiger partial charge in [0, 0.05) is 11.3 Å². The van der Waals surface area contributed by atoms with E-state index in [1.54, 1.807) is 18.9 Å². The van der Waals surface area contributed by atoms with E-state index in [4.69, 9.17) is 4.74 Å². The maximum atomic E-state index is 5.23. The molecule has 4 heteroatoms. The molecule has 3 nitrogen and oxygen atoms in total. The number of thioether (sulfide) groups is 1. The van der Waals surface area contributed by atoms with Crippen LogP contribution in [0.15, 0.2) is 53.7 Å². The molecule has 1 heterocycles. The third-order valence-electron chi connectivity index (χ3n) is 3.22. The predicted octanol–water partition coefficient (Wildman–Crippen LogP) is 4.42. The largest absolute Gasteiger partial charge is 0.497 e. The molecule has 0 aliphatic carbocycles. The van der Waals surface area contributed by atoms with Crippen molar-refractivity contribution in [3.05, 3.63) is 54.1 Å². The fourth-order valence-electron chi connectivity index (χ4n) is 2.11. The fourth-order valence-corrected chi connectivity index (χ4v) is 3.06. The van der Waals surface area contributed by atoms with Gasteiger partial charge in [-0.15, -0.1) is 0 Å². The van der Waals surface area contributed by atoms with Gasteiger partial charge in [0.25, 0.3) is 0 Å². The fraction of sp³-hybridized carbons (Fsp3) is 0.188. The molecule has 0 fully saturated rings. The highest BCUT2D eigenvalue weighted by molar-refractivity contribution is 7.99. The first kappa shape index (κ1) is 13.1. The van der Waals surface area contributed by atoms with Gasteiger partial charge in [0.15, 0.2) is 5.16 Å². The van der Waals surface area contributed by atoms with Gasteiger partial charge >= 0.3 is 0 Å². The molecule has 1 aromatic heterocycles. The Morgan fingerprint density at radius 2 is 1.95 bits per heavy atom. The molecule has 0 saturated carbocycles. The summed E-state index contributed by atoms with van der Waals surface area (Å²) >= 11 is 1.73. The molecule has 0 spiro atoms. The normalized spacial score (nSPS) is 12.5. The second-order valence-electron chi connectivity index (χ2n) is 4.60. The lowest BCUT2D eigenvalue weighted by Gasteiger charge is -2.08. The monoisotopic (exact) mass is 284 g/mol. The smallest absolute Gasteiger partial charge is 0.166 e. The van der Waals surface area contributed by atoms with E-state index in [1.807, 2.05) is 24.3 Å². The van der Waals surface area contributed by atoms with Crippen molar-refractivity contribution in [1.82, 2.24) is 9.97 Å². The molecule has 0 amide bonds. The lowest BCUT2D eigenvalue weighted by atomic mass is 10.2. The summed E-state index contributed by atoms with van der Waals surface area (Å²) in [6.07, 6.45) is 0. The Balaban J connectivity index is 1.84. The first-order valence-electron chi connectivity index (χ1n) is 6.51. The maximum absolute atomic E-state index is 5.23. The SMILES string of the molecule is COc1ccc2nc(SC(C)c3ccccc3)[nH]c2c1. The van der Waals surface area contributed by atoms with E-state index in [0.29, 0.717) is 5.25 Å². The molecule has 3 rings (SSSR count). The molecule has 2 aromatic carbocycles. The number of rotatable bonds is 4. The van der Waals surface area contributed by atoms with Crippen LogP contribution >= 0.6 is 11.8 Å². The molecule has 20 heavy (non-hydrogen) atoms. The molecule has 1 N–H and O–H groups in total. The number of aromatic amines is 1. The van der Waals surface area contributed by atoms with E-state index in [9.17, 15) is 0 Å². The van der Waals surface area contributed by atoms with Crippen LogP contribution in [-0.2, 0) is 0 Å². The van der Waals surface area contributed by atoms with Crippen molar-refractivity contribution in [3.63, 3.8) is 0 Å². The summed E-state index contributed by atoms with van der Waals surface area (Å²) < 4.78 is 5.23. The summed E-state index contributed by atoms with van der Waals surface area (Å²) in [5, 5.41) is 1.29. The Hall–Kier alpha value is -1.94. The number of fused-ring (bicyclic) bond motifs is 1. The van der Waals surface area contributed by atoms with Gasteiger partial charge in [0.05, 0.1) is 18.1 Å². The van der Waals surface area contributed by atoms with Crippen LogP contribution in [0, 0.1) is 0 Å². The first-order valence-corrected chi connectivity index (χ1v) is 7.39. The summed E-state index contributed by atoms with van der Waals surface area (Å²) in [5.41, 5.74) is 3.27. The van der Waals surface area contributed by atoms with Crippen molar-refractivity contribution in [2.75, 3.05) is 7.11 Å². The molecule has 0 radical (unpaired) electrons. The quantitative estimate of drug-likeness (QED) is 0.720. The standard InChI is InChI=1S/C16H16N2OS/c1-11(12-6-4-3-5-7-12)20-16-17-14-9-8-13(19-2)10-15(14)18-16/h3-11H,1-2H3,(H,17,18). The summed E-state index contributed by atoms with van der Waals surface area (Å²) in [4.78, 5) is 7.95. The number of H-pyrrole nitrogens is 1. The molecule has 102 valence electrons. The predicted molar refractivity (Wildman–Crippen MR) is 83.4 cm³/mol. The van der Waals surface area contributed by atoms with E-state index >= 15 is 0 Å². The van der Waals surface area contributed by atoms with Gasteiger partial charge < -0.3 is 9.72 Å². The molecule has 0 aliphatic heterocycles. The Morgan fingerprint density at radius 1 is 1.15 bits per heavy atom. The second-order valence-corrected chi connectivity index (χ2v) is 5.93. The van der Waals surface area contributed by atoms with Crippen LogP contribution < -0.4 is 4.74 Å². The number of hydrogen-bond donors (Lipinski definition) is 1. The van der Waals surface area contributed by atoms with E-state index in [0.717, 1.165) is 21.9 Å². The molecule has 3 aromatic rings. The van der Waals surface area contributed by atoms with E-state index in [1.165, 1.54) is 5.56 Å². The molecule has 0 bridgehead atoms. The Labute approximate surface area is 122 Å². The maximum Gasteiger partial charge on any atom is 0.166 e. The van der Waals surface area contributed by atoms with E-state index in [-0.39, 0.29) is 0 Å². The zero-order valence-corrected chi connectivity index (χ0v) is 12.3. The van der Waals surface area contributed by atoms with Gasteiger partial charge in [0.1, 0.15) is 5.75 Å². The van der Waals surface area contributed by atoms with Gasteiger partial charge in [-0.3, -0.25) is 0 Å². The Bertz CT molecular complexity index is 709. The van der Waals surface area contributed by atoms with Crippen LogP contribution in [0.4, 0.5) is 0 Å². The van der Waals surface area contributed by atoms with Crippen molar-refractivity contribution in [2.45, 2.75) is 17.3 Å². The van der Waals surface area contributed by atoms with Crippen molar-refractivity contribution in [3.8, 4) is 5.75 Å². The van der Waals surface area contributed by atoms with Crippen molar-refractivity contribution < 1.29 is 4.74 Å². The van der Waals surface area contributed by atoms with Crippen molar-refractivity contribution in [1.29, 1.82) is 0 Å². The van der Waals surface area contributed by atoms with E-state index < -0.39 is 0 Å².